The lowest BCUT2D eigenvalue weighted by Crippen LogP contribution is -2.44. The maximum atomic E-state index is 11.6. The van der Waals surface area contributed by atoms with Gasteiger partial charge in [-0.25, -0.2) is 9.59 Å². The van der Waals surface area contributed by atoms with Gasteiger partial charge in [0.2, 0.25) is 0 Å². The van der Waals surface area contributed by atoms with Crippen molar-refractivity contribution in [1.29, 1.82) is 0 Å². The zero-order valence-electron chi connectivity index (χ0n) is 12.0. The first kappa shape index (κ1) is 16.4. The second kappa shape index (κ2) is 7.23. The minimum Gasteiger partial charge on any atom is -0.480 e. The molecule has 0 aliphatic carbocycles. The molecule has 0 spiro atoms. The maximum absolute atomic E-state index is 11.6. The van der Waals surface area contributed by atoms with Gasteiger partial charge in [-0.05, 0) is 29.4 Å². The van der Waals surface area contributed by atoms with E-state index in [1.165, 1.54) is 11.5 Å². The summed E-state index contributed by atoms with van der Waals surface area (Å²) in [4.78, 5) is 23.3. The fraction of sp³-hybridized carbons (Fsp3) is 0.615. The minimum absolute atomic E-state index is 0.0979. The van der Waals surface area contributed by atoms with Crippen LogP contribution in [0.15, 0.2) is 6.07 Å². The Kier molecular flexibility index (Phi) is 5.94. The zero-order chi connectivity index (χ0) is 15.3. The summed E-state index contributed by atoms with van der Waals surface area (Å²) in [5.41, 5.74) is 0.958. The predicted octanol–water partition coefficient (Wildman–Crippen LogP) is 2.60. The number of hydrogen-bond acceptors (Lipinski definition) is 5. The molecule has 0 bridgehead atoms. The zero-order valence-corrected chi connectivity index (χ0v) is 12.9. The van der Waals surface area contributed by atoms with Gasteiger partial charge in [0.25, 0.3) is 0 Å². The van der Waals surface area contributed by atoms with Gasteiger partial charge >= 0.3 is 12.1 Å². The van der Waals surface area contributed by atoms with Gasteiger partial charge in [0.1, 0.15) is 12.6 Å². The number of aliphatic carboxylic acids is 1. The molecule has 0 fully saturated rings. The lowest BCUT2D eigenvalue weighted by molar-refractivity contribution is -0.140. The van der Waals surface area contributed by atoms with Crippen LogP contribution in [0, 0.1) is 5.92 Å². The quantitative estimate of drug-likeness (QED) is 0.843. The normalized spacial score (nSPS) is 12.5. The summed E-state index contributed by atoms with van der Waals surface area (Å²) in [5.74, 6) is -0.959. The molecular weight excluding hydrogens is 280 g/mol. The van der Waals surface area contributed by atoms with Crippen LogP contribution in [-0.2, 0) is 16.1 Å². The van der Waals surface area contributed by atoms with E-state index in [0.29, 0.717) is 5.92 Å². The Morgan fingerprint density at radius 1 is 1.40 bits per heavy atom. The number of ether oxygens (including phenoxy) is 1. The topological polar surface area (TPSA) is 88.5 Å². The number of carbonyl (C=O) groups is 2. The van der Waals surface area contributed by atoms with Crippen molar-refractivity contribution in [2.24, 2.45) is 5.92 Å². The Balaban J connectivity index is 2.48. The smallest absolute Gasteiger partial charge is 0.408 e. The van der Waals surface area contributed by atoms with E-state index in [-0.39, 0.29) is 12.5 Å². The third kappa shape index (κ3) is 4.80. The molecule has 7 heteroatoms. The molecule has 0 saturated carbocycles. The first-order valence-corrected chi connectivity index (χ1v) is 7.20. The van der Waals surface area contributed by atoms with E-state index in [9.17, 15) is 9.59 Å². The Hall–Kier alpha value is -1.63. The summed E-state index contributed by atoms with van der Waals surface area (Å²) in [7, 11) is 0. The van der Waals surface area contributed by atoms with Crippen molar-refractivity contribution in [3.63, 3.8) is 0 Å². The van der Waals surface area contributed by atoms with Gasteiger partial charge in [0.05, 0.1) is 10.6 Å². The third-order valence-electron chi connectivity index (χ3n) is 2.72. The van der Waals surface area contributed by atoms with Gasteiger partial charge in [-0.15, -0.1) is 0 Å². The van der Waals surface area contributed by atoms with Gasteiger partial charge in [-0.2, -0.15) is 4.37 Å². The van der Waals surface area contributed by atoms with Gasteiger partial charge in [-0.3, -0.25) is 0 Å². The van der Waals surface area contributed by atoms with E-state index < -0.39 is 18.1 Å². The standard InChI is InChI=1S/C13H20N2O4S/c1-7(2)10-5-9(20-15-10)6-19-13(18)14-11(8(3)4)12(16)17/h5,7-8,11H,6H2,1-4H3,(H,14,18)(H,16,17)/t11-/m0/s1. The highest BCUT2D eigenvalue weighted by Gasteiger charge is 2.24. The summed E-state index contributed by atoms with van der Waals surface area (Å²) in [5, 5.41) is 11.3. The summed E-state index contributed by atoms with van der Waals surface area (Å²) < 4.78 is 9.26. The summed E-state index contributed by atoms with van der Waals surface area (Å²) in [6.45, 7) is 7.61. The molecule has 6 nitrogen and oxygen atoms in total. The first-order chi connectivity index (χ1) is 9.31. The van der Waals surface area contributed by atoms with Crippen LogP contribution >= 0.6 is 11.5 Å². The summed E-state index contributed by atoms with van der Waals surface area (Å²) in [6, 6.07) is 0.940. The summed E-state index contributed by atoms with van der Waals surface area (Å²) in [6.07, 6.45) is -0.731. The molecule has 0 aromatic carbocycles. The molecule has 0 radical (unpaired) electrons. The number of carboxylic acids is 1. The SMILES string of the molecule is CC(C)c1cc(COC(=O)N[C@H](C(=O)O)C(C)C)sn1. The number of rotatable bonds is 6. The molecular formula is C13H20N2O4S. The molecule has 0 aliphatic rings. The molecule has 1 rings (SSSR count). The van der Waals surface area contributed by atoms with Crippen LogP contribution in [0.1, 0.15) is 44.2 Å². The number of nitrogens with zero attached hydrogens (tertiary/aromatic N) is 1. The second-order valence-electron chi connectivity index (χ2n) is 5.15. The summed E-state index contributed by atoms with van der Waals surface area (Å²) >= 11 is 1.28. The van der Waals surface area contributed by atoms with Crippen LogP contribution in [0.3, 0.4) is 0 Å². The number of hydrogen-bond donors (Lipinski definition) is 2. The van der Waals surface area contributed by atoms with Crippen LogP contribution in [0.4, 0.5) is 4.79 Å². The molecule has 20 heavy (non-hydrogen) atoms. The average molecular weight is 300 g/mol. The van der Waals surface area contributed by atoms with E-state index in [0.717, 1.165) is 10.6 Å². The van der Waals surface area contributed by atoms with Crippen molar-refractivity contribution in [1.82, 2.24) is 9.69 Å². The van der Waals surface area contributed by atoms with Gasteiger partial charge in [0.15, 0.2) is 0 Å². The van der Waals surface area contributed by atoms with Crippen LogP contribution in [0.5, 0.6) is 0 Å². The van der Waals surface area contributed by atoms with E-state index >= 15 is 0 Å². The van der Waals surface area contributed by atoms with Crippen LogP contribution in [-0.4, -0.2) is 27.6 Å². The average Bonchev–Trinajstić information content (AvgIpc) is 2.81. The second-order valence-corrected chi connectivity index (χ2v) is 6.04. The van der Waals surface area contributed by atoms with E-state index in [2.05, 4.69) is 9.69 Å². The Bertz CT molecular complexity index is 471. The maximum Gasteiger partial charge on any atom is 0.408 e. The fourth-order valence-electron chi connectivity index (χ4n) is 1.49. The van der Waals surface area contributed by atoms with Crippen molar-refractivity contribution in [3.8, 4) is 0 Å². The number of alkyl carbamates (subject to hydrolysis) is 1. The number of carbonyl (C=O) groups excluding carboxylic acids is 1. The lowest BCUT2D eigenvalue weighted by atomic mass is 10.1. The van der Waals surface area contributed by atoms with Crippen LogP contribution < -0.4 is 5.32 Å². The number of carboxylic acid groups (broad SMARTS) is 1. The highest BCUT2D eigenvalue weighted by atomic mass is 32.1. The molecule has 0 unspecified atom stereocenters. The van der Waals surface area contributed by atoms with Crippen molar-refractivity contribution >= 4 is 23.6 Å². The minimum atomic E-state index is -1.07. The molecule has 112 valence electrons. The Morgan fingerprint density at radius 2 is 2.05 bits per heavy atom. The Morgan fingerprint density at radius 3 is 2.50 bits per heavy atom. The number of amides is 1. The molecule has 2 N–H and O–H groups in total. The monoisotopic (exact) mass is 300 g/mol. The van der Waals surface area contributed by atoms with E-state index in [1.54, 1.807) is 13.8 Å². The van der Waals surface area contributed by atoms with Crippen molar-refractivity contribution in [3.05, 3.63) is 16.6 Å². The van der Waals surface area contributed by atoms with E-state index in [4.69, 9.17) is 9.84 Å². The number of nitrogens with one attached hydrogen (secondary N) is 1. The molecule has 1 amide bonds. The van der Waals surface area contributed by atoms with Crippen LogP contribution in [0.25, 0.3) is 0 Å². The molecule has 1 aromatic heterocycles. The Labute approximate surface area is 122 Å². The van der Waals surface area contributed by atoms with Crippen molar-refractivity contribution in [2.45, 2.75) is 46.3 Å². The third-order valence-corrected chi connectivity index (χ3v) is 3.49. The first-order valence-electron chi connectivity index (χ1n) is 6.42. The molecule has 1 atom stereocenters. The van der Waals surface area contributed by atoms with Crippen LogP contribution in [0.2, 0.25) is 0 Å². The van der Waals surface area contributed by atoms with Gasteiger partial charge in [0, 0.05) is 0 Å². The van der Waals surface area contributed by atoms with Crippen molar-refractivity contribution < 1.29 is 19.4 Å². The highest BCUT2D eigenvalue weighted by molar-refractivity contribution is 7.05. The lowest BCUT2D eigenvalue weighted by Gasteiger charge is -2.17. The predicted molar refractivity (Wildman–Crippen MR) is 75.8 cm³/mol. The molecule has 1 heterocycles. The molecule has 0 aliphatic heterocycles. The largest absolute Gasteiger partial charge is 0.480 e. The van der Waals surface area contributed by atoms with Crippen molar-refractivity contribution in [2.75, 3.05) is 0 Å². The number of aromatic nitrogens is 1. The molecule has 1 aromatic rings. The fourth-order valence-corrected chi connectivity index (χ4v) is 2.26. The highest BCUT2D eigenvalue weighted by Crippen LogP contribution is 2.18. The van der Waals surface area contributed by atoms with Gasteiger partial charge < -0.3 is 15.2 Å². The molecule has 0 saturated heterocycles. The van der Waals surface area contributed by atoms with Gasteiger partial charge in [-0.1, -0.05) is 27.7 Å². The van der Waals surface area contributed by atoms with E-state index in [1.807, 2.05) is 19.9 Å².